The first kappa shape index (κ1) is 21.3. The average Bonchev–Trinajstić information content (AvgIpc) is 3.13. The van der Waals surface area contributed by atoms with Gasteiger partial charge in [-0.2, -0.15) is 0 Å². The largest absolute Gasteiger partial charge is 0.447 e. The van der Waals surface area contributed by atoms with E-state index in [2.05, 4.69) is 10.6 Å². The number of nitrogens with two attached hydrogens (primary N) is 2. The van der Waals surface area contributed by atoms with Gasteiger partial charge in [0.15, 0.2) is 0 Å². The molecule has 2 aromatic carbocycles. The lowest BCUT2D eigenvalue weighted by molar-refractivity contribution is 0.114. The van der Waals surface area contributed by atoms with Crippen LogP contribution in [0.3, 0.4) is 0 Å². The van der Waals surface area contributed by atoms with E-state index in [-0.39, 0.29) is 12.2 Å². The smallest absolute Gasteiger partial charge is 0.411 e. The van der Waals surface area contributed by atoms with Gasteiger partial charge in [0.25, 0.3) is 0 Å². The first-order valence-electron chi connectivity index (χ1n) is 10.1. The minimum Gasteiger partial charge on any atom is -0.447 e. The highest BCUT2D eigenvalue weighted by atomic mass is 16.6. The van der Waals surface area contributed by atoms with Gasteiger partial charge in [-0.25, -0.2) is 9.59 Å². The number of nitrogens with one attached hydrogen (secondary N) is 2. The predicted octanol–water partition coefficient (Wildman–Crippen LogP) is 4.97. The number of amides is 2. The van der Waals surface area contributed by atoms with Crippen molar-refractivity contribution in [2.24, 2.45) is 0 Å². The summed E-state index contributed by atoms with van der Waals surface area (Å²) in [5.41, 5.74) is 15.6. The summed E-state index contributed by atoms with van der Waals surface area (Å²) < 4.78 is 10.5. The van der Waals surface area contributed by atoms with Crippen LogP contribution in [0, 0.1) is 0 Å². The number of carbonyl (C=O) groups excluding carboxylic acids is 2. The molecule has 0 radical (unpaired) electrons. The van der Waals surface area contributed by atoms with E-state index in [1.165, 1.54) is 0 Å². The zero-order chi connectivity index (χ0) is 21.7. The van der Waals surface area contributed by atoms with Crippen molar-refractivity contribution in [1.29, 1.82) is 0 Å². The molecular weight excluding hydrogens is 384 g/mol. The third-order valence-electron chi connectivity index (χ3n) is 4.73. The Bertz CT molecular complexity index is 923. The molecule has 0 bridgehead atoms. The number of benzene rings is 2. The summed E-state index contributed by atoms with van der Waals surface area (Å²) in [6.45, 7) is 3.54. The van der Waals surface area contributed by atoms with E-state index in [9.17, 15) is 9.59 Å². The number of rotatable bonds is 5. The van der Waals surface area contributed by atoms with Crippen molar-refractivity contribution in [2.45, 2.75) is 51.7 Å². The maximum atomic E-state index is 12.2. The van der Waals surface area contributed by atoms with Crippen LogP contribution in [0.1, 0.15) is 39.5 Å². The zero-order valence-electron chi connectivity index (χ0n) is 17.2. The van der Waals surface area contributed by atoms with Crippen LogP contribution in [0.15, 0.2) is 36.4 Å². The second-order valence-electron chi connectivity index (χ2n) is 7.66. The van der Waals surface area contributed by atoms with Crippen molar-refractivity contribution in [3.05, 3.63) is 36.4 Å². The van der Waals surface area contributed by atoms with Crippen molar-refractivity contribution >= 4 is 34.9 Å². The van der Waals surface area contributed by atoms with E-state index in [4.69, 9.17) is 20.9 Å². The Morgan fingerprint density at radius 3 is 2.33 bits per heavy atom. The van der Waals surface area contributed by atoms with Gasteiger partial charge in [0, 0.05) is 28.3 Å². The highest BCUT2D eigenvalue weighted by Crippen LogP contribution is 2.32. The minimum atomic E-state index is -0.548. The third-order valence-corrected chi connectivity index (χ3v) is 4.73. The lowest BCUT2D eigenvalue weighted by Gasteiger charge is -2.15. The first-order chi connectivity index (χ1) is 14.3. The Labute approximate surface area is 175 Å². The average molecular weight is 412 g/mol. The molecule has 1 aliphatic carbocycles. The summed E-state index contributed by atoms with van der Waals surface area (Å²) in [5, 5.41) is 5.38. The van der Waals surface area contributed by atoms with Crippen LogP contribution < -0.4 is 22.1 Å². The minimum absolute atomic E-state index is 0.0244. The third kappa shape index (κ3) is 5.79. The van der Waals surface area contributed by atoms with Crippen LogP contribution in [0.2, 0.25) is 0 Å². The van der Waals surface area contributed by atoms with Crippen molar-refractivity contribution < 1.29 is 19.1 Å². The van der Waals surface area contributed by atoms with Gasteiger partial charge in [-0.15, -0.1) is 0 Å². The quantitative estimate of drug-likeness (QED) is 0.513. The molecule has 1 aliphatic rings. The van der Waals surface area contributed by atoms with Gasteiger partial charge in [-0.1, -0.05) is 6.07 Å². The van der Waals surface area contributed by atoms with E-state index >= 15 is 0 Å². The van der Waals surface area contributed by atoms with Crippen LogP contribution >= 0.6 is 0 Å². The molecule has 2 aromatic rings. The number of anilines is 4. The fourth-order valence-corrected chi connectivity index (χ4v) is 3.45. The Morgan fingerprint density at radius 2 is 1.67 bits per heavy atom. The lowest BCUT2D eigenvalue weighted by atomic mass is 10.0. The molecular formula is C22H28N4O4. The fraction of sp³-hybridized carbons (Fsp3) is 0.364. The molecule has 8 nitrogen and oxygen atoms in total. The molecule has 8 heteroatoms. The fourth-order valence-electron chi connectivity index (χ4n) is 3.45. The van der Waals surface area contributed by atoms with Crippen molar-refractivity contribution in [3.8, 4) is 11.1 Å². The molecule has 3 rings (SSSR count). The van der Waals surface area contributed by atoms with E-state index in [0.29, 0.717) is 22.7 Å². The number of nitrogen functional groups attached to an aromatic ring is 2. The van der Waals surface area contributed by atoms with Gasteiger partial charge in [0.1, 0.15) is 6.10 Å². The second kappa shape index (κ2) is 9.39. The zero-order valence-corrected chi connectivity index (χ0v) is 17.2. The molecule has 2 amide bonds. The molecule has 1 fully saturated rings. The van der Waals surface area contributed by atoms with Crippen LogP contribution in [0.25, 0.3) is 11.1 Å². The summed E-state index contributed by atoms with van der Waals surface area (Å²) in [5.74, 6) is 0. The van der Waals surface area contributed by atoms with Gasteiger partial charge in [-0.3, -0.25) is 10.6 Å². The molecule has 0 aliphatic heterocycles. The van der Waals surface area contributed by atoms with E-state index in [1.807, 2.05) is 0 Å². The number of ether oxygens (including phenoxy) is 2. The summed E-state index contributed by atoms with van der Waals surface area (Å²) in [6, 6.07) is 10.3. The van der Waals surface area contributed by atoms with E-state index in [1.54, 1.807) is 50.2 Å². The predicted molar refractivity (Wildman–Crippen MR) is 118 cm³/mol. The first-order valence-corrected chi connectivity index (χ1v) is 10.1. The molecule has 30 heavy (non-hydrogen) atoms. The van der Waals surface area contributed by atoms with Gasteiger partial charge >= 0.3 is 12.2 Å². The number of carbonyl (C=O) groups is 2. The Kier molecular flexibility index (Phi) is 6.66. The topological polar surface area (TPSA) is 129 Å². The summed E-state index contributed by atoms with van der Waals surface area (Å²) in [7, 11) is 0. The summed E-state index contributed by atoms with van der Waals surface area (Å²) in [4.78, 5) is 23.9. The van der Waals surface area contributed by atoms with Gasteiger partial charge in [0.2, 0.25) is 0 Å². The van der Waals surface area contributed by atoms with Gasteiger partial charge in [-0.05, 0) is 75.4 Å². The van der Waals surface area contributed by atoms with Gasteiger partial charge < -0.3 is 20.9 Å². The Morgan fingerprint density at radius 1 is 0.967 bits per heavy atom. The normalized spacial score (nSPS) is 13.8. The molecule has 0 spiro atoms. The summed E-state index contributed by atoms with van der Waals surface area (Å²) in [6.07, 6.45) is 2.68. The molecule has 0 heterocycles. The molecule has 0 unspecified atom stereocenters. The SMILES string of the molecule is CC(C)OC(=O)Nc1ccc(-c2cc(N)cc(NC(=O)OC3CCCC3)c2)c(N)c1. The highest BCUT2D eigenvalue weighted by Gasteiger charge is 2.19. The monoisotopic (exact) mass is 412 g/mol. The van der Waals surface area contributed by atoms with Crippen molar-refractivity contribution in [1.82, 2.24) is 0 Å². The number of hydrogen-bond donors (Lipinski definition) is 4. The van der Waals surface area contributed by atoms with Crippen LogP contribution in [0.4, 0.5) is 32.3 Å². The van der Waals surface area contributed by atoms with E-state index in [0.717, 1.165) is 36.8 Å². The maximum absolute atomic E-state index is 12.2. The van der Waals surface area contributed by atoms with Crippen LogP contribution in [0.5, 0.6) is 0 Å². The number of hydrogen-bond acceptors (Lipinski definition) is 6. The maximum Gasteiger partial charge on any atom is 0.411 e. The molecule has 6 N–H and O–H groups in total. The van der Waals surface area contributed by atoms with Crippen molar-refractivity contribution in [3.63, 3.8) is 0 Å². The molecule has 1 saturated carbocycles. The molecule has 160 valence electrons. The molecule has 0 saturated heterocycles. The van der Waals surface area contributed by atoms with E-state index < -0.39 is 12.2 Å². The molecule has 0 atom stereocenters. The van der Waals surface area contributed by atoms with Crippen molar-refractivity contribution in [2.75, 3.05) is 22.1 Å². The van der Waals surface area contributed by atoms with Crippen LogP contribution in [-0.4, -0.2) is 24.4 Å². The Balaban J connectivity index is 1.73. The second-order valence-corrected chi connectivity index (χ2v) is 7.66. The summed E-state index contributed by atoms with van der Waals surface area (Å²) >= 11 is 0. The molecule has 0 aromatic heterocycles. The van der Waals surface area contributed by atoms with Gasteiger partial charge in [0.05, 0.1) is 6.10 Å². The van der Waals surface area contributed by atoms with Crippen LogP contribution in [-0.2, 0) is 9.47 Å². The Hall–Kier alpha value is -3.42. The highest BCUT2D eigenvalue weighted by molar-refractivity contribution is 5.91. The lowest BCUT2D eigenvalue weighted by Crippen LogP contribution is -2.20. The standard InChI is InChI=1S/C22H28N4O4/c1-13(2)29-21(27)25-16-7-8-19(20(24)12-16)14-9-15(23)11-17(10-14)26-22(28)30-18-5-3-4-6-18/h7-13,18H,3-6,23-24H2,1-2H3,(H,25,27)(H,26,28).